The Balaban J connectivity index is 2.26. The number of hydrogen-bond acceptors (Lipinski definition) is 4. The number of nitrogens with one attached hydrogen (secondary N) is 1. The van der Waals surface area contributed by atoms with Crippen molar-refractivity contribution in [3.05, 3.63) is 29.8 Å². The van der Waals surface area contributed by atoms with Gasteiger partial charge < -0.3 is 9.59 Å². The molecule has 0 aromatic heterocycles. The molecule has 1 aliphatic rings. The van der Waals surface area contributed by atoms with Gasteiger partial charge in [-0.15, -0.1) is 0 Å². The number of hydrogen-bond donors (Lipinski definition) is 2. The molecule has 7 nitrogen and oxygen atoms in total. The van der Waals surface area contributed by atoms with E-state index in [-0.39, 0.29) is 17.8 Å². The summed E-state index contributed by atoms with van der Waals surface area (Å²) in [6.45, 7) is 0.0684. The Kier molecular flexibility index (Phi) is 3.96. The number of amides is 1. The van der Waals surface area contributed by atoms with Gasteiger partial charge in [-0.05, 0) is 12.1 Å². The first-order chi connectivity index (χ1) is 9.60. The number of aliphatic hydroxyl groups is 1. The fourth-order valence-electron chi connectivity index (χ4n) is 2.26. The number of quaternary nitrogens is 1. The molecule has 2 rings (SSSR count). The quantitative estimate of drug-likeness (QED) is 0.758. The second-order valence-electron chi connectivity index (χ2n) is 6.12. The molecule has 1 aromatic carbocycles. The number of nitrogens with zero attached hydrogens (tertiary/aromatic N) is 2. The van der Waals surface area contributed by atoms with Crippen LogP contribution in [0.2, 0.25) is 0 Å². The highest BCUT2D eigenvalue weighted by Crippen LogP contribution is 2.26. The summed E-state index contributed by atoms with van der Waals surface area (Å²) in [6.07, 6.45) is -0.934. The number of benzene rings is 1. The third-order valence-electron chi connectivity index (χ3n) is 3.05. The van der Waals surface area contributed by atoms with Crippen molar-refractivity contribution >= 4 is 21.8 Å². The standard InChI is InChI=1S/C13H19N3O4S/c1-16(2,3)9-10(17)8-15-13(18)11-6-4-5-7-12(11)14-21(15,19)20/h4-7,10,17H,8-9H2,1-3H3/p+1/t10-/m1/s1. The van der Waals surface area contributed by atoms with E-state index in [1.54, 1.807) is 18.2 Å². The van der Waals surface area contributed by atoms with E-state index in [0.29, 0.717) is 15.3 Å². The molecule has 21 heavy (non-hydrogen) atoms. The van der Waals surface area contributed by atoms with E-state index in [1.165, 1.54) is 6.07 Å². The van der Waals surface area contributed by atoms with Crippen LogP contribution >= 0.6 is 0 Å². The summed E-state index contributed by atoms with van der Waals surface area (Å²) in [5, 5.41) is 10.0. The van der Waals surface area contributed by atoms with Crippen LogP contribution in [0.5, 0.6) is 0 Å². The molecule has 1 aromatic rings. The van der Waals surface area contributed by atoms with Gasteiger partial charge in [-0.2, -0.15) is 8.42 Å². The average molecular weight is 314 g/mol. The number of rotatable bonds is 4. The molecule has 0 bridgehead atoms. The minimum Gasteiger partial charge on any atom is -0.385 e. The SMILES string of the molecule is C[N+](C)(C)C[C@H](O)CN1C(=O)c2ccccc2NS1(=O)=O. The summed E-state index contributed by atoms with van der Waals surface area (Å²) in [5.74, 6) is -0.621. The minimum absolute atomic E-state index is 0.264. The fraction of sp³-hybridized carbons (Fsp3) is 0.462. The van der Waals surface area contributed by atoms with Crippen LogP contribution in [0.15, 0.2) is 24.3 Å². The molecule has 0 radical (unpaired) electrons. The molecular formula is C13H20N3O4S+. The molecule has 1 amide bonds. The zero-order valence-corrected chi connectivity index (χ0v) is 13.1. The zero-order valence-electron chi connectivity index (χ0n) is 12.3. The predicted octanol–water partition coefficient (Wildman–Crippen LogP) is -0.134. The van der Waals surface area contributed by atoms with Crippen molar-refractivity contribution in [2.45, 2.75) is 6.10 Å². The number of carbonyl (C=O) groups excluding carboxylic acids is 1. The number of aliphatic hydroxyl groups excluding tert-OH is 1. The third kappa shape index (κ3) is 3.52. The molecule has 2 N–H and O–H groups in total. The van der Waals surface area contributed by atoms with E-state index in [0.717, 1.165) is 0 Å². The second kappa shape index (κ2) is 5.28. The van der Waals surface area contributed by atoms with Crippen molar-refractivity contribution in [3.63, 3.8) is 0 Å². The normalized spacial score (nSPS) is 18.9. The van der Waals surface area contributed by atoms with Gasteiger partial charge in [0.1, 0.15) is 12.6 Å². The van der Waals surface area contributed by atoms with Crippen LogP contribution in [0.3, 0.4) is 0 Å². The number of β-amino-alcohol motifs (C(OH)–C–C–N with tert-alkyl or cyclic N) is 1. The molecule has 1 atom stereocenters. The van der Waals surface area contributed by atoms with Gasteiger partial charge in [-0.1, -0.05) is 12.1 Å². The van der Waals surface area contributed by atoms with Crippen LogP contribution < -0.4 is 4.72 Å². The van der Waals surface area contributed by atoms with Crippen molar-refractivity contribution in [2.24, 2.45) is 0 Å². The van der Waals surface area contributed by atoms with Gasteiger partial charge in [0.2, 0.25) is 0 Å². The smallest absolute Gasteiger partial charge is 0.326 e. The molecule has 0 saturated carbocycles. The van der Waals surface area contributed by atoms with Crippen LogP contribution in [0.25, 0.3) is 0 Å². The Morgan fingerprint density at radius 1 is 1.29 bits per heavy atom. The van der Waals surface area contributed by atoms with E-state index in [9.17, 15) is 18.3 Å². The fourth-order valence-corrected chi connectivity index (χ4v) is 3.51. The highest BCUT2D eigenvalue weighted by atomic mass is 32.2. The van der Waals surface area contributed by atoms with Crippen molar-refractivity contribution in [3.8, 4) is 0 Å². The van der Waals surface area contributed by atoms with Gasteiger partial charge >= 0.3 is 10.2 Å². The minimum atomic E-state index is -3.97. The van der Waals surface area contributed by atoms with E-state index < -0.39 is 22.2 Å². The highest BCUT2D eigenvalue weighted by molar-refractivity contribution is 7.91. The highest BCUT2D eigenvalue weighted by Gasteiger charge is 2.37. The Morgan fingerprint density at radius 2 is 1.90 bits per heavy atom. The van der Waals surface area contributed by atoms with Gasteiger partial charge in [0, 0.05) is 0 Å². The van der Waals surface area contributed by atoms with Crippen molar-refractivity contribution < 1.29 is 22.8 Å². The molecule has 1 aliphatic heterocycles. The lowest BCUT2D eigenvalue weighted by Crippen LogP contribution is -2.51. The molecule has 0 fully saturated rings. The van der Waals surface area contributed by atoms with E-state index in [1.807, 2.05) is 21.1 Å². The number of carbonyl (C=O) groups is 1. The Labute approximate surface area is 124 Å². The van der Waals surface area contributed by atoms with E-state index in [2.05, 4.69) is 4.72 Å². The van der Waals surface area contributed by atoms with Crippen molar-refractivity contribution in [1.82, 2.24) is 4.31 Å². The largest absolute Gasteiger partial charge is 0.385 e. The Morgan fingerprint density at radius 3 is 2.52 bits per heavy atom. The van der Waals surface area contributed by atoms with Gasteiger partial charge in [0.25, 0.3) is 5.91 Å². The molecule has 116 valence electrons. The molecule has 8 heteroatoms. The maximum Gasteiger partial charge on any atom is 0.326 e. The van der Waals surface area contributed by atoms with Crippen LogP contribution in [0.4, 0.5) is 5.69 Å². The van der Waals surface area contributed by atoms with Crippen molar-refractivity contribution in [1.29, 1.82) is 0 Å². The van der Waals surface area contributed by atoms with E-state index >= 15 is 0 Å². The lowest BCUT2D eigenvalue weighted by atomic mass is 10.1. The maximum atomic E-state index is 12.3. The molecule has 0 saturated heterocycles. The predicted molar refractivity (Wildman–Crippen MR) is 78.9 cm³/mol. The average Bonchev–Trinajstić information content (AvgIpc) is 2.32. The molecule has 0 spiro atoms. The van der Waals surface area contributed by atoms with Gasteiger partial charge in [0.15, 0.2) is 0 Å². The van der Waals surface area contributed by atoms with Crippen LogP contribution in [-0.4, -0.2) is 68.6 Å². The lowest BCUT2D eigenvalue weighted by molar-refractivity contribution is -0.873. The summed E-state index contributed by atoms with van der Waals surface area (Å²) in [5.41, 5.74) is 0.546. The van der Waals surface area contributed by atoms with Crippen molar-refractivity contribution in [2.75, 3.05) is 39.0 Å². The molecular weight excluding hydrogens is 294 g/mol. The summed E-state index contributed by atoms with van der Waals surface area (Å²) in [6, 6.07) is 6.40. The van der Waals surface area contributed by atoms with Gasteiger partial charge in [-0.25, -0.2) is 4.31 Å². The number of likely N-dealkylation sites (N-methyl/N-ethyl adjacent to an activating group) is 1. The Bertz CT molecular complexity index is 652. The Hall–Kier alpha value is -1.64. The van der Waals surface area contributed by atoms with Gasteiger partial charge in [0.05, 0.1) is 38.9 Å². The lowest BCUT2D eigenvalue weighted by Gasteiger charge is -2.32. The maximum absolute atomic E-state index is 12.3. The zero-order chi connectivity index (χ0) is 15.8. The first-order valence-electron chi connectivity index (χ1n) is 6.52. The molecule has 0 aliphatic carbocycles. The summed E-state index contributed by atoms with van der Waals surface area (Å²) in [4.78, 5) is 12.3. The summed E-state index contributed by atoms with van der Waals surface area (Å²) in [7, 11) is 1.66. The van der Waals surface area contributed by atoms with Crippen LogP contribution in [-0.2, 0) is 10.2 Å². The van der Waals surface area contributed by atoms with Crippen LogP contribution in [0.1, 0.15) is 10.4 Å². The summed E-state index contributed by atoms with van der Waals surface area (Å²) < 4.78 is 27.8. The monoisotopic (exact) mass is 314 g/mol. The van der Waals surface area contributed by atoms with Gasteiger partial charge in [-0.3, -0.25) is 9.52 Å². The first-order valence-corrected chi connectivity index (χ1v) is 7.96. The number of fused-ring (bicyclic) bond motifs is 1. The second-order valence-corrected chi connectivity index (χ2v) is 7.71. The first kappa shape index (κ1) is 15.7. The topological polar surface area (TPSA) is 86.7 Å². The summed E-state index contributed by atoms with van der Waals surface area (Å²) >= 11 is 0. The number of anilines is 1. The molecule has 1 heterocycles. The third-order valence-corrected chi connectivity index (χ3v) is 4.42. The molecule has 0 unspecified atom stereocenters. The van der Waals surface area contributed by atoms with Crippen LogP contribution in [0, 0.1) is 0 Å². The number of para-hydroxylation sites is 1. The van der Waals surface area contributed by atoms with E-state index in [4.69, 9.17) is 0 Å².